The Kier molecular flexibility index (Phi) is 64.4. The van der Waals surface area contributed by atoms with Gasteiger partial charge in [0.05, 0.1) is 27.7 Å². The number of quaternary nitrogens is 1. The van der Waals surface area contributed by atoms with Crippen LogP contribution < -0.4 is 0 Å². The van der Waals surface area contributed by atoms with Gasteiger partial charge in [0, 0.05) is 12.8 Å². The van der Waals surface area contributed by atoms with Gasteiger partial charge in [-0.2, -0.15) is 0 Å². The highest BCUT2D eigenvalue weighted by molar-refractivity contribution is 7.47. The number of nitrogens with zero attached hydrogens (tertiary/aromatic N) is 1. The minimum atomic E-state index is -4.39. The molecule has 0 radical (unpaired) electrons. The molecule has 2 unspecified atom stereocenters. The Hall–Kier alpha value is -2.29. The van der Waals surface area contributed by atoms with Crippen molar-refractivity contribution in [3.05, 3.63) is 60.8 Å². The monoisotopic (exact) mass is 1220 g/mol. The Morgan fingerprint density at radius 1 is 0.376 bits per heavy atom. The topological polar surface area (TPSA) is 108 Å². The van der Waals surface area contributed by atoms with Crippen molar-refractivity contribution in [3.63, 3.8) is 0 Å². The van der Waals surface area contributed by atoms with Gasteiger partial charge in [0.25, 0.3) is 0 Å². The number of allylic oxidation sites excluding steroid dienone is 10. The lowest BCUT2D eigenvalue weighted by molar-refractivity contribution is -0.870. The van der Waals surface area contributed by atoms with E-state index >= 15 is 0 Å². The lowest BCUT2D eigenvalue weighted by Gasteiger charge is -2.24. The molecule has 2 atom stereocenters. The second kappa shape index (κ2) is 66.1. The van der Waals surface area contributed by atoms with E-state index in [1.165, 1.54) is 244 Å². The van der Waals surface area contributed by atoms with Crippen molar-refractivity contribution in [3.8, 4) is 0 Å². The fourth-order valence-corrected chi connectivity index (χ4v) is 11.5. The Morgan fingerprint density at radius 3 is 1.00 bits per heavy atom. The second-order valence-electron chi connectivity index (χ2n) is 26.0. The molecule has 1 N–H and O–H groups in total. The number of rotatable bonds is 68. The summed E-state index contributed by atoms with van der Waals surface area (Å²) in [5.41, 5.74) is 0. The number of esters is 2. The highest BCUT2D eigenvalue weighted by Crippen LogP contribution is 2.43. The van der Waals surface area contributed by atoms with E-state index in [9.17, 15) is 19.0 Å². The maximum atomic E-state index is 12.9. The molecule has 85 heavy (non-hydrogen) atoms. The zero-order valence-corrected chi connectivity index (χ0v) is 57.7. The zero-order valence-electron chi connectivity index (χ0n) is 56.9. The molecule has 0 aromatic rings. The van der Waals surface area contributed by atoms with E-state index in [1.807, 2.05) is 21.1 Å². The standard InChI is InChI=1S/C75H140NO8P/c1-6-8-10-12-14-16-18-20-22-24-26-28-30-32-33-34-35-36-37-38-39-40-41-42-44-45-47-49-51-53-55-57-59-61-63-65-67-74(77)81-71-73(72-83-85(79,80)82-70-69-76(3,4)5)84-75(78)68-66-64-62-60-58-56-54-52-50-48-46-43-31-29-27-25-23-21-19-17-15-13-11-9-7-2/h9,11,15,17,21,23,27,29,43,46,73H,6-8,10,12-14,16,18-20,22,24-26,28,30-42,44-45,47-72H2,1-5H3/p+1/b11-9-,17-15-,23-21-,29-27-,46-43-. The van der Waals surface area contributed by atoms with Crippen LogP contribution in [0.3, 0.4) is 0 Å². The molecule has 0 aliphatic rings. The minimum Gasteiger partial charge on any atom is -0.462 e. The first-order valence-corrected chi connectivity index (χ1v) is 38.0. The Morgan fingerprint density at radius 2 is 0.671 bits per heavy atom. The Labute approximate surface area is 527 Å². The molecule has 0 saturated carbocycles. The fourth-order valence-electron chi connectivity index (χ4n) is 10.8. The van der Waals surface area contributed by atoms with Gasteiger partial charge in [-0.15, -0.1) is 0 Å². The molecular weight excluding hydrogens is 1070 g/mol. The Bertz CT molecular complexity index is 1620. The van der Waals surface area contributed by atoms with Crippen LogP contribution in [0.5, 0.6) is 0 Å². The van der Waals surface area contributed by atoms with Crippen LogP contribution in [0.1, 0.15) is 354 Å². The van der Waals surface area contributed by atoms with E-state index in [-0.39, 0.29) is 25.6 Å². The fraction of sp³-hybridized carbons (Fsp3) is 0.840. The van der Waals surface area contributed by atoms with Crippen molar-refractivity contribution in [1.82, 2.24) is 0 Å². The van der Waals surface area contributed by atoms with Crippen LogP contribution in [0, 0.1) is 0 Å². The van der Waals surface area contributed by atoms with Gasteiger partial charge in [0.2, 0.25) is 0 Å². The van der Waals surface area contributed by atoms with E-state index in [2.05, 4.69) is 74.6 Å². The SMILES string of the molecule is CC/C=C\C/C=C\C/C=C\C/C=C\C/C=C\CCCCCCCCCCCC(=O)OC(COC(=O)CCCCCCCCCCCCCCCCCCCCCCCCCCCCCCCCCCCCCC)COP(=O)(O)OCC[N+](C)(C)C. The van der Waals surface area contributed by atoms with Gasteiger partial charge < -0.3 is 18.9 Å². The summed E-state index contributed by atoms with van der Waals surface area (Å²) in [7, 11) is 1.48. The summed E-state index contributed by atoms with van der Waals surface area (Å²) < 4.78 is 34.7. The van der Waals surface area contributed by atoms with Crippen LogP contribution in [-0.4, -0.2) is 74.9 Å². The van der Waals surface area contributed by atoms with Crippen LogP contribution in [-0.2, 0) is 32.7 Å². The number of carbonyl (C=O) groups excluding carboxylic acids is 2. The van der Waals surface area contributed by atoms with Crippen molar-refractivity contribution < 1.29 is 42.1 Å². The first-order chi connectivity index (χ1) is 41.5. The van der Waals surface area contributed by atoms with Crippen molar-refractivity contribution in [2.75, 3.05) is 47.5 Å². The molecule has 9 nitrogen and oxygen atoms in total. The normalized spacial score (nSPS) is 13.4. The maximum absolute atomic E-state index is 12.9. The van der Waals surface area contributed by atoms with E-state index in [1.54, 1.807) is 0 Å². The number of likely N-dealkylation sites (N-methyl/N-ethyl adjacent to an activating group) is 1. The summed E-state index contributed by atoms with van der Waals surface area (Å²) >= 11 is 0. The van der Waals surface area contributed by atoms with Crippen LogP contribution in [0.4, 0.5) is 0 Å². The summed E-state index contributed by atoms with van der Waals surface area (Å²) in [6.07, 6.45) is 87.8. The molecule has 0 amide bonds. The van der Waals surface area contributed by atoms with Gasteiger partial charge in [0.15, 0.2) is 6.10 Å². The molecule has 0 aromatic heterocycles. The summed E-state index contributed by atoms with van der Waals surface area (Å²) in [5, 5.41) is 0. The number of carbonyl (C=O) groups is 2. The molecule has 0 heterocycles. The van der Waals surface area contributed by atoms with Crippen molar-refractivity contribution in [2.45, 2.75) is 360 Å². The molecule has 0 aromatic carbocycles. The van der Waals surface area contributed by atoms with Crippen LogP contribution in [0.2, 0.25) is 0 Å². The van der Waals surface area contributed by atoms with Gasteiger partial charge >= 0.3 is 19.8 Å². The third-order valence-electron chi connectivity index (χ3n) is 16.3. The van der Waals surface area contributed by atoms with Crippen molar-refractivity contribution >= 4 is 19.8 Å². The first-order valence-electron chi connectivity index (χ1n) is 36.5. The molecule has 0 saturated heterocycles. The van der Waals surface area contributed by atoms with Gasteiger partial charge in [0.1, 0.15) is 19.8 Å². The number of phosphoric acid groups is 1. The number of hydrogen-bond acceptors (Lipinski definition) is 7. The summed E-state index contributed by atoms with van der Waals surface area (Å²) in [6.45, 7) is 4.37. The minimum absolute atomic E-state index is 0.0301. The van der Waals surface area contributed by atoms with E-state index in [0.717, 1.165) is 77.0 Å². The molecule has 0 fully saturated rings. The predicted octanol–water partition coefficient (Wildman–Crippen LogP) is 23.8. The number of unbranched alkanes of at least 4 members (excludes halogenated alkanes) is 44. The average molecular weight is 1220 g/mol. The van der Waals surface area contributed by atoms with Crippen LogP contribution >= 0.6 is 7.82 Å². The molecule has 0 aliphatic carbocycles. The third kappa shape index (κ3) is 70.7. The van der Waals surface area contributed by atoms with Crippen molar-refractivity contribution in [2.24, 2.45) is 0 Å². The summed E-state index contributed by atoms with van der Waals surface area (Å²) in [4.78, 5) is 35.9. The summed E-state index contributed by atoms with van der Waals surface area (Å²) in [6, 6.07) is 0. The van der Waals surface area contributed by atoms with Crippen LogP contribution in [0.15, 0.2) is 60.8 Å². The van der Waals surface area contributed by atoms with E-state index in [4.69, 9.17) is 18.5 Å². The summed E-state index contributed by atoms with van der Waals surface area (Å²) in [5.74, 6) is -0.790. The molecule has 10 heteroatoms. The van der Waals surface area contributed by atoms with Gasteiger partial charge in [-0.05, 0) is 57.8 Å². The average Bonchev–Trinajstić information content (AvgIpc) is 3.54. The largest absolute Gasteiger partial charge is 0.472 e. The molecule has 0 rings (SSSR count). The predicted molar refractivity (Wildman–Crippen MR) is 367 cm³/mol. The van der Waals surface area contributed by atoms with E-state index in [0.29, 0.717) is 23.9 Å². The molecule has 0 aliphatic heterocycles. The van der Waals surface area contributed by atoms with Crippen molar-refractivity contribution in [1.29, 1.82) is 0 Å². The smallest absolute Gasteiger partial charge is 0.462 e. The highest BCUT2D eigenvalue weighted by atomic mass is 31.2. The van der Waals surface area contributed by atoms with Gasteiger partial charge in [-0.3, -0.25) is 18.6 Å². The quantitative estimate of drug-likeness (QED) is 0.0211. The second-order valence-corrected chi connectivity index (χ2v) is 27.4. The molecule has 0 bridgehead atoms. The zero-order chi connectivity index (χ0) is 61.9. The molecule has 0 spiro atoms. The van der Waals surface area contributed by atoms with Gasteiger partial charge in [-0.1, -0.05) is 344 Å². The Balaban J connectivity index is 3.95. The van der Waals surface area contributed by atoms with E-state index < -0.39 is 26.5 Å². The number of hydrogen-bond donors (Lipinski definition) is 1. The van der Waals surface area contributed by atoms with Gasteiger partial charge in [-0.25, -0.2) is 4.57 Å². The number of phosphoric ester groups is 1. The molecular formula is C75H141NO8P+. The third-order valence-corrected chi connectivity index (χ3v) is 17.3. The lowest BCUT2D eigenvalue weighted by Crippen LogP contribution is -2.37. The van der Waals surface area contributed by atoms with Crippen LogP contribution in [0.25, 0.3) is 0 Å². The number of ether oxygens (including phenoxy) is 2. The maximum Gasteiger partial charge on any atom is 0.472 e. The molecule has 498 valence electrons. The lowest BCUT2D eigenvalue weighted by atomic mass is 10.0. The highest BCUT2D eigenvalue weighted by Gasteiger charge is 2.27. The first kappa shape index (κ1) is 82.7.